The van der Waals surface area contributed by atoms with Gasteiger partial charge in [-0.2, -0.15) is 0 Å². The molecule has 0 bridgehead atoms. The molecule has 0 aromatic rings. The molecule has 88 valence electrons. The molecular formula is C12H23NO2. The van der Waals surface area contributed by atoms with Crippen molar-refractivity contribution in [2.24, 2.45) is 0 Å². The average Bonchev–Trinajstić information content (AvgIpc) is 2.27. The highest BCUT2D eigenvalue weighted by atomic mass is 16.5. The van der Waals surface area contributed by atoms with E-state index < -0.39 is 0 Å². The molecule has 0 fully saturated rings. The summed E-state index contributed by atoms with van der Waals surface area (Å²) in [6.45, 7) is 7.89. The summed E-state index contributed by atoms with van der Waals surface area (Å²) in [5.41, 5.74) is 0.744. The smallest absolute Gasteiger partial charge is 0.145 e. The number of ether oxygens (including phenoxy) is 1. The first-order valence-corrected chi connectivity index (χ1v) is 5.70. The fraction of sp³-hybridized carbons (Fsp3) is 0.833. The van der Waals surface area contributed by atoms with Crippen molar-refractivity contribution in [1.29, 1.82) is 0 Å². The summed E-state index contributed by atoms with van der Waals surface area (Å²) in [4.78, 5) is 13.0. The number of hydrogen-bond donors (Lipinski definition) is 0. The van der Waals surface area contributed by atoms with E-state index >= 15 is 0 Å². The number of hydrogen-bond acceptors (Lipinski definition) is 3. The third kappa shape index (κ3) is 5.01. The summed E-state index contributed by atoms with van der Waals surface area (Å²) >= 11 is 0. The van der Waals surface area contributed by atoms with Gasteiger partial charge in [0.15, 0.2) is 0 Å². The van der Waals surface area contributed by atoms with Crippen molar-refractivity contribution >= 4 is 5.94 Å². The van der Waals surface area contributed by atoms with E-state index in [4.69, 9.17) is 4.74 Å². The van der Waals surface area contributed by atoms with E-state index in [1.54, 1.807) is 7.11 Å². The van der Waals surface area contributed by atoms with Crippen molar-refractivity contribution in [2.75, 3.05) is 20.3 Å². The minimum atomic E-state index is 0.401. The first-order chi connectivity index (χ1) is 7.21. The van der Waals surface area contributed by atoms with E-state index in [2.05, 4.69) is 25.7 Å². The molecule has 0 aliphatic carbocycles. The zero-order chi connectivity index (χ0) is 11.7. The standard InChI is InChI=1S/C12H23NO2/c1-5-8-13(11(3)6-2)12(10-14)7-9-15-4/h11H,5-9H2,1-4H3/t11-/m1/s1. The molecule has 15 heavy (non-hydrogen) atoms. The quantitative estimate of drug-likeness (QED) is 0.579. The molecule has 0 aromatic heterocycles. The van der Waals surface area contributed by atoms with Crippen LogP contribution in [0.3, 0.4) is 0 Å². The second kappa shape index (κ2) is 8.51. The van der Waals surface area contributed by atoms with E-state index in [0.29, 0.717) is 19.1 Å². The summed E-state index contributed by atoms with van der Waals surface area (Å²) < 4.78 is 4.99. The van der Waals surface area contributed by atoms with Gasteiger partial charge in [0.25, 0.3) is 0 Å². The summed E-state index contributed by atoms with van der Waals surface area (Å²) in [5.74, 6) is 2.05. The number of rotatable bonds is 8. The Labute approximate surface area is 93.1 Å². The molecule has 0 unspecified atom stereocenters. The largest absolute Gasteiger partial charge is 0.384 e. The molecule has 0 saturated carbocycles. The van der Waals surface area contributed by atoms with Gasteiger partial charge >= 0.3 is 0 Å². The first-order valence-electron chi connectivity index (χ1n) is 5.70. The Morgan fingerprint density at radius 1 is 1.47 bits per heavy atom. The fourth-order valence-corrected chi connectivity index (χ4v) is 1.53. The van der Waals surface area contributed by atoms with Gasteiger partial charge in [0.2, 0.25) is 0 Å². The van der Waals surface area contributed by atoms with Gasteiger partial charge < -0.3 is 9.64 Å². The summed E-state index contributed by atoms with van der Waals surface area (Å²) in [6, 6.07) is 0.401. The Hall–Kier alpha value is -0.790. The molecule has 0 amide bonds. The molecule has 0 rings (SSSR count). The maximum atomic E-state index is 10.9. The Kier molecular flexibility index (Phi) is 8.06. The van der Waals surface area contributed by atoms with Crippen LogP contribution in [-0.4, -0.2) is 37.1 Å². The lowest BCUT2D eigenvalue weighted by atomic mass is 10.1. The van der Waals surface area contributed by atoms with Crippen LogP contribution in [0.25, 0.3) is 0 Å². The Bertz CT molecular complexity index is 210. The fourth-order valence-electron chi connectivity index (χ4n) is 1.53. The molecule has 3 nitrogen and oxygen atoms in total. The molecule has 0 aromatic carbocycles. The van der Waals surface area contributed by atoms with Crippen molar-refractivity contribution in [3.8, 4) is 0 Å². The van der Waals surface area contributed by atoms with Gasteiger partial charge in [-0.15, -0.1) is 0 Å². The van der Waals surface area contributed by atoms with E-state index in [0.717, 1.165) is 25.1 Å². The minimum absolute atomic E-state index is 0.401. The van der Waals surface area contributed by atoms with Crippen molar-refractivity contribution < 1.29 is 9.53 Å². The van der Waals surface area contributed by atoms with Gasteiger partial charge in [-0.25, -0.2) is 4.79 Å². The Balaban J connectivity index is 4.48. The van der Waals surface area contributed by atoms with Gasteiger partial charge in [0.05, 0.1) is 6.61 Å². The highest BCUT2D eigenvalue weighted by Gasteiger charge is 2.15. The van der Waals surface area contributed by atoms with Crippen LogP contribution in [-0.2, 0) is 9.53 Å². The lowest BCUT2D eigenvalue weighted by molar-refractivity contribution is 0.182. The molecule has 0 heterocycles. The third-order valence-corrected chi connectivity index (χ3v) is 2.59. The van der Waals surface area contributed by atoms with E-state index in [1.807, 2.05) is 5.94 Å². The highest BCUT2D eigenvalue weighted by molar-refractivity contribution is 5.51. The van der Waals surface area contributed by atoms with Crippen LogP contribution in [0.2, 0.25) is 0 Å². The number of nitrogens with zero attached hydrogens (tertiary/aromatic N) is 1. The zero-order valence-electron chi connectivity index (χ0n) is 10.4. The van der Waals surface area contributed by atoms with Crippen molar-refractivity contribution in [3.63, 3.8) is 0 Å². The molecule has 0 saturated heterocycles. The van der Waals surface area contributed by atoms with E-state index in [9.17, 15) is 4.79 Å². The first kappa shape index (κ1) is 14.2. The second-order valence-electron chi connectivity index (χ2n) is 3.74. The normalized spacial score (nSPS) is 12.0. The molecule has 0 radical (unpaired) electrons. The topological polar surface area (TPSA) is 29.5 Å². The molecule has 3 heteroatoms. The minimum Gasteiger partial charge on any atom is -0.384 e. The molecule has 1 atom stereocenters. The second-order valence-corrected chi connectivity index (χ2v) is 3.74. The number of methoxy groups -OCH3 is 1. The molecule has 0 N–H and O–H groups in total. The Morgan fingerprint density at radius 2 is 2.13 bits per heavy atom. The Morgan fingerprint density at radius 3 is 2.53 bits per heavy atom. The van der Waals surface area contributed by atoms with E-state index in [1.165, 1.54) is 0 Å². The van der Waals surface area contributed by atoms with Crippen LogP contribution in [0.15, 0.2) is 5.70 Å². The summed E-state index contributed by atoms with van der Waals surface area (Å²) in [5, 5.41) is 0. The highest BCUT2D eigenvalue weighted by Crippen LogP contribution is 2.13. The van der Waals surface area contributed by atoms with Crippen LogP contribution >= 0.6 is 0 Å². The van der Waals surface area contributed by atoms with E-state index in [-0.39, 0.29) is 0 Å². The number of carbonyl (C=O) groups excluding carboxylic acids is 1. The lowest BCUT2D eigenvalue weighted by Crippen LogP contribution is -2.33. The van der Waals surface area contributed by atoms with Gasteiger partial charge in [-0.05, 0) is 19.8 Å². The van der Waals surface area contributed by atoms with Crippen LogP contribution in [0.4, 0.5) is 0 Å². The summed E-state index contributed by atoms with van der Waals surface area (Å²) in [7, 11) is 1.65. The van der Waals surface area contributed by atoms with Gasteiger partial charge in [-0.1, -0.05) is 13.8 Å². The molecular weight excluding hydrogens is 190 g/mol. The van der Waals surface area contributed by atoms with Crippen LogP contribution < -0.4 is 0 Å². The summed E-state index contributed by atoms with van der Waals surface area (Å²) in [6.07, 6.45) is 2.74. The maximum Gasteiger partial charge on any atom is 0.145 e. The zero-order valence-corrected chi connectivity index (χ0v) is 10.4. The predicted octanol–water partition coefficient (Wildman–Crippen LogP) is 2.25. The third-order valence-electron chi connectivity index (χ3n) is 2.59. The van der Waals surface area contributed by atoms with Gasteiger partial charge in [0, 0.05) is 26.1 Å². The SMILES string of the molecule is CCCN(C(=C=O)CCOC)[C@H](C)CC. The van der Waals surface area contributed by atoms with Gasteiger partial charge in [-0.3, -0.25) is 0 Å². The van der Waals surface area contributed by atoms with Crippen molar-refractivity contribution in [1.82, 2.24) is 4.90 Å². The maximum absolute atomic E-state index is 10.9. The monoisotopic (exact) mass is 213 g/mol. The van der Waals surface area contributed by atoms with Gasteiger partial charge in [0.1, 0.15) is 11.6 Å². The average molecular weight is 213 g/mol. The molecule has 0 spiro atoms. The van der Waals surface area contributed by atoms with Crippen LogP contribution in [0, 0.1) is 0 Å². The molecule has 0 aliphatic heterocycles. The predicted molar refractivity (Wildman–Crippen MR) is 62.4 cm³/mol. The van der Waals surface area contributed by atoms with Crippen molar-refractivity contribution in [3.05, 3.63) is 5.70 Å². The lowest BCUT2D eigenvalue weighted by Gasteiger charge is -2.30. The van der Waals surface area contributed by atoms with Crippen LogP contribution in [0.5, 0.6) is 0 Å². The van der Waals surface area contributed by atoms with Crippen molar-refractivity contribution in [2.45, 2.75) is 46.1 Å². The molecule has 0 aliphatic rings. The van der Waals surface area contributed by atoms with Crippen LogP contribution in [0.1, 0.15) is 40.0 Å².